The number of urea groups is 1. The van der Waals surface area contributed by atoms with Crippen molar-refractivity contribution in [2.45, 2.75) is 45.2 Å². The first-order chi connectivity index (χ1) is 18.2. The molecule has 2 aromatic heterocycles. The Kier molecular flexibility index (Phi) is 6.38. The number of rotatable bonds is 5. The molecule has 1 N–H and O–H groups in total. The number of carbonyl (C=O) groups excluding carboxylic acids is 1. The lowest BCUT2D eigenvalue weighted by Crippen LogP contribution is -2.38. The third-order valence-electron chi connectivity index (χ3n) is 7.30. The summed E-state index contributed by atoms with van der Waals surface area (Å²) in [4.78, 5) is 17.5. The van der Waals surface area contributed by atoms with E-state index in [1.165, 1.54) is 33.8 Å². The third-order valence-corrected chi connectivity index (χ3v) is 8.63. The zero-order valence-corrected chi connectivity index (χ0v) is 22.0. The molecule has 0 bridgehead atoms. The van der Waals surface area contributed by atoms with Crippen molar-refractivity contribution in [2.75, 3.05) is 19.0 Å². The van der Waals surface area contributed by atoms with Crippen LogP contribution >= 0.6 is 11.3 Å². The van der Waals surface area contributed by atoms with Gasteiger partial charge >= 0.3 is 6.03 Å². The average molecular weight is 514 g/mol. The van der Waals surface area contributed by atoms with Crippen LogP contribution in [0.1, 0.15) is 53.1 Å². The Morgan fingerprint density at radius 3 is 2.65 bits per heavy atom. The second-order valence-corrected chi connectivity index (χ2v) is 10.5. The van der Waals surface area contributed by atoms with Crippen LogP contribution in [0.2, 0.25) is 0 Å². The lowest BCUT2D eigenvalue weighted by atomic mass is 9.95. The van der Waals surface area contributed by atoms with Crippen LogP contribution in [0.25, 0.3) is 5.00 Å². The Balaban J connectivity index is 1.47. The van der Waals surface area contributed by atoms with Gasteiger partial charge < -0.3 is 24.3 Å². The number of benzene rings is 2. The van der Waals surface area contributed by atoms with Crippen LogP contribution in [0, 0.1) is 0 Å². The number of anilines is 1. The van der Waals surface area contributed by atoms with E-state index in [2.05, 4.69) is 40.3 Å². The van der Waals surface area contributed by atoms with Gasteiger partial charge in [-0.25, -0.2) is 4.79 Å². The number of ether oxygens (including phenoxy) is 2. The van der Waals surface area contributed by atoms with Crippen molar-refractivity contribution < 1.29 is 14.3 Å². The van der Waals surface area contributed by atoms with Gasteiger partial charge in [0.1, 0.15) is 16.5 Å². The van der Waals surface area contributed by atoms with Crippen molar-refractivity contribution in [2.24, 2.45) is 0 Å². The van der Waals surface area contributed by atoms with E-state index in [9.17, 15) is 4.79 Å². The van der Waals surface area contributed by atoms with Crippen LogP contribution in [0.15, 0.2) is 66.9 Å². The number of para-hydroxylation sites is 2. The maximum atomic E-state index is 14.1. The first-order valence-corrected chi connectivity index (χ1v) is 13.7. The molecule has 190 valence electrons. The number of aromatic nitrogens is 1. The van der Waals surface area contributed by atoms with E-state index in [0.717, 1.165) is 29.8 Å². The summed E-state index contributed by atoms with van der Waals surface area (Å²) in [5, 5.41) is 4.39. The smallest absolute Gasteiger partial charge is 0.323 e. The molecule has 0 fully saturated rings. The quantitative estimate of drug-likeness (QED) is 0.314. The molecular weight excluding hydrogens is 482 g/mol. The largest absolute Gasteiger partial charge is 0.495 e. The summed E-state index contributed by atoms with van der Waals surface area (Å²) in [6, 6.07) is 19.5. The van der Waals surface area contributed by atoms with E-state index in [1.54, 1.807) is 7.11 Å². The monoisotopic (exact) mass is 513 g/mol. The second kappa shape index (κ2) is 9.98. The Labute approximate surface area is 221 Å². The molecule has 2 amide bonds. The zero-order valence-electron chi connectivity index (χ0n) is 21.2. The van der Waals surface area contributed by atoms with Gasteiger partial charge in [0.15, 0.2) is 0 Å². The summed E-state index contributed by atoms with van der Waals surface area (Å²) < 4.78 is 13.5. The highest BCUT2D eigenvalue weighted by Gasteiger charge is 2.36. The number of carbonyl (C=O) groups is 1. The lowest BCUT2D eigenvalue weighted by molar-refractivity contribution is 0.194. The van der Waals surface area contributed by atoms with Gasteiger partial charge in [-0.1, -0.05) is 24.3 Å². The molecule has 0 saturated heterocycles. The Hall–Kier alpha value is -3.71. The van der Waals surface area contributed by atoms with Crippen molar-refractivity contribution in [3.8, 4) is 16.5 Å². The van der Waals surface area contributed by atoms with E-state index in [1.807, 2.05) is 59.6 Å². The van der Waals surface area contributed by atoms with Gasteiger partial charge in [-0.15, -0.1) is 11.3 Å². The van der Waals surface area contributed by atoms with Crippen LogP contribution in [0.5, 0.6) is 11.5 Å². The SMILES string of the molecule is CCOc1ccc([C@@H]2c3cccn3-c3sc4c(c3CN2C(=O)Nc2ccccc2OC)CCCC4)cc1. The molecule has 7 heteroatoms. The molecule has 6 rings (SSSR count). The van der Waals surface area contributed by atoms with Crippen molar-refractivity contribution >= 4 is 23.1 Å². The van der Waals surface area contributed by atoms with Gasteiger partial charge in [0.05, 0.1) is 37.7 Å². The van der Waals surface area contributed by atoms with Crippen LogP contribution < -0.4 is 14.8 Å². The molecular formula is C30H31N3O3S. The van der Waals surface area contributed by atoms with Gasteiger partial charge in [-0.05, 0) is 80.1 Å². The van der Waals surface area contributed by atoms with E-state index in [4.69, 9.17) is 9.47 Å². The van der Waals surface area contributed by atoms with Gasteiger partial charge in [0.2, 0.25) is 0 Å². The van der Waals surface area contributed by atoms with Crippen molar-refractivity contribution in [1.82, 2.24) is 9.47 Å². The molecule has 2 aromatic carbocycles. The molecule has 1 aliphatic heterocycles. The zero-order chi connectivity index (χ0) is 25.4. The van der Waals surface area contributed by atoms with Gasteiger partial charge in [0, 0.05) is 16.6 Å². The number of hydrogen-bond donors (Lipinski definition) is 1. The molecule has 0 saturated carbocycles. The molecule has 2 aliphatic rings. The number of hydrogen-bond acceptors (Lipinski definition) is 4. The summed E-state index contributed by atoms with van der Waals surface area (Å²) in [6.45, 7) is 3.14. The molecule has 1 atom stereocenters. The molecule has 6 nitrogen and oxygen atoms in total. The fourth-order valence-electron chi connectivity index (χ4n) is 5.59. The minimum absolute atomic E-state index is 0.153. The number of thiophene rings is 1. The summed E-state index contributed by atoms with van der Waals surface area (Å²) in [7, 11) is 1.62. The summed E-state index contributed by atoms with van der Waals surface area (Å²) in [5.41, 5.74) is 5.50. The van der Waals surface area contributed by atoms with Crippen molar-refractivity contribution in [3.63, 3.8) is 0 Å². The van der Waals surface area contributed by atoms with E-state index >= 15 is 0 Å². The predicted octanol–water partition coefficient (Wildman–Crippen LogP) is 6.96. The fraction of sp³-hybridized carbons (Fsp3) is 0.300. The van der Waals surface area contributed by atoms with Gasteiger partial charge in [0.25, 0.3) is 0 Å². The Morgan fingerprint density at radius 1 is 1.03 bits per heavy atom. The number of aryl methyl sites for hydroxylation is 1. The number of nitrogens with one attached hydrogen (secondary N) is 1. The van der Waals surface area contributed by atoms with E-state index in [-0.39, 0.29) is 12.1 Å². The summed E-state index contributed by atoms with van der Waals surface area (Å²) in [5.74, 6) is 1.47. The average Bonchev–Trinajstić information content (AvgIpc) is 3.52. The first-order valence-electron chi connectivity index (χ1n) is 12.9. The highest BCUT2D eigenvalue weighted by molar-refractivity contribution is 7.15. The summed E-state index contributed by atoms with van der Waals surface area (Å²) >= 11 is 1.89. The normalized spacial score (nSPS) is 16.3. The molecule has 37 heavy (non-hydrogen) atoms. The standard InChI is InChI=1S/C30H31N3O3S/c1-3-36-21-16-14-20(15-17-21)28-25-11-8-18-32(25)29-23(22-9-4-7-13-27(22)37-29)19-33(28)30(34)31-24-10-5-6-12-26(24)35-2/h5-6,8,10-12,14-18,28H,3-4,7,9,13,19H2,1-2H3,(H,31,34)/t28-/m1/s1. The molecule has 0 unspecified atom stereocenters. The maximum Gasteiger partial charge on any atom is 0.323 e. The first kappa shape index (κ1) is 23.7. The van der Waals surface area contributed by atoms with Crippen LogP contribution in [-0.2, 0) is 19.4 Å². The minimum atomic E-state index is -0.265. The maximum absolute atomic E-state index is 14.1. The molecule has 0 radical (unpaired) electrons. The Bertz CT molecular complexity index is 1420. The van der Waals surface area contributed by atoms with Gasteiger partial charge in [-0.2, -0.15) is 0 Å². The number of nitrogens with zero attached hydrogens (tertiary/aromatic N) is 2. The van der Waals surface area contributed by atoms with E-state index < -0.39 is 0 Å². The lowest BCUT2D eigenvalue weighted by Gasteiger charge is -2.31. The van der Waals surface area contributed by atoms with E-state index in [0.29, 0.717) is 24.6 Å². The molecule has 4 aromatic rings. The Morgan fingerprint density at radius 2 is 1.84 bits per heavy atom. The third kappa shape index (κ3) is 4.27. The van der Waals surface area contributed by atoms with Gasteiger partial charge in [-0.3, -0.25) is 0 Å². The topological polar surface area (TPSA) is 55.7 Å². The van der Waals surface area contributed by atoms with Crippen LogP contribution in [0.4, 0.5) is 10.5 Å². The number of fused-ring (bicyclic) bond motifs is 5. The molecule has 3 heterocycles. The minimum Gasteiger partial charge on any atom is -0.495 e. The number of amides is 2. The predicted molar refractivity (Wildman–Crippen MR) is 147 cm³/mol. The fourth-order valence-corrected chi connectivity index (χ4v) is 6.99. The molecule has 0 spiro atoms. The van der Waals surface area contributed by atoms with Crippen LogP contribution in [0.3, 0.4) is 0 Å². The summed E-state index contributed by atoms with van der Waals surface area (Å²) in [6.07, 6.45) is 6.77. The van der Waals surface area contributed by atoms with Crippen molar-refractivity contribution in [3.05, 3.63) is 94.1 Å². The molecule has 1 aliphatic carbocycles. The second-order valence-electron chi connectivity index (χ2n) is 9.46. The number of methoxy groups -OCH3 is 1. The van der Waals surface area contributed by atoms with Crippen molar-refractivity contribution in [1.29, 1.82) is 0 Å². The highest BCUT2D eigenvalue weighted by Crippen LogP contribution is 2.44. The highest BCUT2D eigenvalue weighted by atomic mass is 32.1. The van der Waals surface area contributed by atoms with Crippen LogP contribution in [-0.4, -0.2) is 29.2 Å².